The van der Waals surface area contributed by atoms with Crippen LogP contribution in [0.15, 0.2) is 66.7 Å². The van der Waals surface area contributed by atoms with E-state index in [0.29, 0.717) is 12.3 Å². The smallest absolute Gasteiger partial charge is 0.525 e. The largest absolute Gasteiger partial charge is 1.00 e. The number of fused-ring (bicyclic) bond motifs is 1. The van der Waals surface area contributed by atoms with Crippen molar-refractivity contribution in [3.63, 3.8) is 0 Å². The molecule has 1 aliphatic rings. The molecule has 1 atom stereocenters. The molecule has 0 fully saturated rings. The number of para-hydroxylation sites is 1. The molecular weight excluding hydrogens is 515 g/mol. The van der Waals surface area contributed by atoms with E-state index in [-0.39, 0.29) is 31.0 Å². The predicted molar refractivity (Wildman–Crippen MR) is 158 cm³/mol. The van der Waals surface area contributed by atoms with Gasteiger partial charge in [-0.15, -0.1) is 0 Å². The van der Waals surface area contributed by atoms with Gasteiger partial charge in [0.15, 0.2) is 0 Å². The summed E-state index contributed by atoms with van der Waals surface area (Å²) in [7, 11) is 0. The zero-order chi connectivity index (χ0) is 29.2. The molecular formula is C31H39LiN4O5-2. The normalized spacial score (nSPS) is 11.8. The number of nitrogens with zero attached hydrogens (tertiary/aromatic N) is 1. The molecule has 0 radical (unpaired) electrons. The van der Waals surface area contributed by atoms with Crippen LogP contribution in [0.5, 0.6) is 11.5 Å². The second-order valence-corrected chi connectivity index (χ2v) is 8.78. The summed E-state index contributed by atoms with van der Waals surface area (Å²) in [5.41, 5.74) is 3.02. The van der Waals surface area contributed by atoms with Crippen molar-refractivity contribution in [1.82, 2.24) is 10.3 Å². The molecule has 9 nitrogen and oxygen atoms in total. The molecule has 2 amide bonds. The van der Waals surface area contributed by atoms with Crippen LogP contribution in [-0.4, -0.2) is 46.4 Å². The van der Waals surface area contributed by atoms with Crippen molar-refractivity contribution in [2.75, 3.05) is 23.8 Å². The Labute approximate surface area is 255 Å². The van der Waals surface area contributed by atoms with E-state index >= 15 is 0 Å². The number of pyridine rings is 1. The van der Waals surface area contributed by atoms with Crippen LogP contribution < -0.4 is 39.5 Å². The molecule has 0 bridgehead atoms. The van der Waals surface area contributed by atoms with Crippen molar-refractivity contribution in [2.24, 2.45) is 0 Å². The van der Waals surface area contributed by atoms with E-state index in [1.165, 1.54) is 48.4 Å². The minimum absolute atomic E-state index is 0. The number of ether oxygens (including phenoxy) is 1. The standard InChI is InChI=1S/C12H17N2.C11H13N2O4.C8H9O.Li/c1-2-3-6-11-8-7-10-5-4-9-13-12(10)14-11;1-2-9(10(15)16)13-11(17)12-7-3-5-8(14)6-4-7;1-2-9-8-6-4-3-5-7-8;/h7-8H,1-6,9H2,(H,13,14);3-6,9,14H,1-2H2,(H,15,16)(H2,12,13,17);3-7H,1-2H2;/q3*-1;+1/t;9-;;/m.0../s1. The van der Waals surface area contributed by atoms with Crippen molar-refractivity contribution in [2.45, 2.75) is 44.6 Å². The van der Waals surface area contributed by atoms with Crippen LogP contribution in [0.2, 0.25) is 0 Å². The summed E-state index contributed by atoms with van der Waals surface area (Å²) < 4.78 is 5.09. The maximum absolute atomic E-state index is 11.4. The Hall–Kier alpha value is -3.67. The van der Waals surface area contributed by atoms with Crippen molar-refractivity contribution < 1.29 is 43.4 Å². The number of hydrogen-bond donors (Lipinski definition) is 5. The fourth-order valence-corrected chi connectivity index (χ4v) is 3.58. The van der Waals surface area contributed by atoms with Gasteiger partial charge in [0, 0.05) is 17.9 Å². The third-order valence-corrected chi connectivity index (χ3v) is 5.66. The number of carboxylic acids is 1. The van der Waals surface area contributed by atoms with Crippen LogP contribution in [-0.2, 0) is 17.6 Å². The van der Waals surface area contributed by atoms with Crippen molar-refractivity contribution in [3.8, 4) is 11.5 Å². The molecule has 216 valence electrons. The molecule has 0 saturated heterocycles. The number of hydrogen-bond acceptors (Lipinski definition) is 6. The number of urea groups is 1. The molecule has 0 aliphatic carbocycles. The number of aliphatic carboxylic acids is 1. The number of unbranched alkanes of at least 4 members (excludes halogenated alkanes) is 1. The van der Waals surface area contributed by atoms with Gasteiger partial charge in [0.2, 0.25) is 0 Å². The molecule has 4 rings (SSSR count). The number of aromatic hydroxyl groups is 1. The minimum atomic E-state index is -1.14. The molecule has 0 spiro atoms. The number of carbonyl (C=O) groups is 2. The summed E-state index contributed by atoms with van der Waals surface area (Å²) >= 11 is 0. The number of aryl methyl sites for hydroxylation is 2. The number of carbonyl (C=O) groups excluding carboxylic acids is 1. The van der Waals surface area contributed by atoms with Gasteiger partial charge in [0.05, 0.1) is 0 Å². The van der Waals surface area contributed by atoms with Gasteiger partial charge in [0.25, 0.3) is 0 Å². The molecule has 2 aromatic carbocycles. The number of anilines is 2. The molecule has 41 heavy (non-hydrogen) atoms. The third kappa shape index (κ3) is 14.0. The maximum atomic E-state index is 11.4. The zero-order valence-electron chi connectivity index (χ0n) is 23.8. The number of nitrogens with one attached hydrogen (secondary N) is 3. The second-order valence-electron chi connectivity index (χ2n) is 8.78. The molecule has 1 aliphatic heterocycles. The molecule has 1 aromatic heterocycles. The number of amides is 2. The SMILES string of the molecule is [CH2-]CCCc1ccc2c(n1)NCCC2.[CH2-]COc1ccccc1.[CH2-]C[C@H](NC(=O)Nc1ccc(O)cc1)C(=O)O.[Li+]. The van der Waals surface area contributed by atoms with Crippen LogP contribution in [0.1, 0.15) is 36.9 Å². The van der Waals surface area contributed by atoms with Gasteiger partial charge in [-0.05, 0) is 73.9 Å². The van der Waals surface area contributed by atoms with Crippen molar-refractivity contribution in [1.29, 1.82) is 0 Å². The maximum Gasteiger partial charge on any atom is 1.00 e. The topological polar surface area (TPSA) is 133 Å². The summed E-state index contributed by atoms with van der Waals surface area (Å²) in [5, 5.41) is 25.8. The Balaban J connectivity index is 0.000000317. The summed E-state index contributed by atoms with van der Waals surface area (Å²) in [4.78, 5) is 26.7. The van der Waals surface area contributed by atoms with Crippen LogP contribution in [0.25, 0.3) is 0 Å². The molecule has 3 aromatic rings. The monoisotopic (exact) mass is 554 g/mol. The summed E-state index contributed by atoms with van der Waals surface area (Å²) in [5.74, 6) is 0.934. The van der Waals surface area contributed by atoms with Crippen LogP contribution >= 0.6 is 0 Å². The van der Waals surface area contributed by atoms with Crippen LogP contribution in [0, 0.1) is 20.8 Å². The van der Waals surface area contributed by atoms with E-state index in [1.807, 2.05) is 30.3 Å². The fourth-order valence-electron chi connectivity index (χ4n) is 3.58. The number of carboxylic acid groups (broad SMARTS) is 1. The number of phenolic OH excluding ortho intramolecular Hbond substituents is 1. The first kappa shape index (κ1) is 35.4. The number of aromatic nitrogens is 1. The van der Waals surface area contributed by atoms with Gasteiger partial charge in [-0.1, -0.05) is 30.7 Å². The third-order valence-electron chi connectivity index (χ3n) is 5.66. The zero-order valence-corrected chi connectivity index (χ0v) is 23.8. The summed E-state index contributed by atoms with van der Waals surface area (Å²) in [6.45, 7) is 12.4. The van der Waals surface area contributed by atoms with Gasteiger partial charge >= 0.3 is 30.9 Å². The minimum Gasteiger partial charge on any atom is -0.525 e. The number of rotatable bonds is 9. The number of benzene rings is 2. The summed E-state index contributed by atoms with van der Waals surface area (Å²) in [6, 6.07) is 18.2. The molecule has 0 saturated carbocycles. The Morgan fingerprint density at radius 1 is 1.02 bits per heavy atom. The summed E-state index contributed by atoms with van der Waals surface area (Å²) in [6.07, 6.45) is 5.63. The molecule has 5 N–H and O–H groups in total. The first-order chi connectivity index (χ1) is 19.4. The van der Waals surface area contributed by atoms with E-state index in [4.69, 9.17) is 14.9 Å². The Kier molecular flexibility index (Phi) is 17.5. The average Bonchev–Trinajstić information content (AvgIpc) is 2.97. The van der Waals surface area contributed by atoms with E-state index in [9.17, 15) is 9.59 Å². The average molecular weight is 555 g/mol. The first-order valence-electron chi connectivity index (χ1n) is 13.2. The van der Waals surface area contributed by atoms with Gasteiger partial charge < -0.3 is 51.7 Å². The van der Waals surface area contributed by atoms with E-state index in [0.717, 1.165) is 37.4 Å². The van der Waals surface area contributed by atoms with Crippen molar-refractivity contribution >= 4 is 23.5 Å². The molecule has 0 unspecified atom stereocenters. The molecule has 2 heterocycles. The quantitative estimate of drug-likeness (QED) is 0.156. The van der Waals surface area contributed by atoms with E-state index < -0.39 is 18.0 Å². The Morgan fingerprint density at radius 3 is 2.34 bits per heavy atom. The van der Waals surface area contributed by atoms with Crippen LogP contribution in [0.4, 0.5) is 16.3 Å². The predicted octanol–water partition coefficient (Wildman–Crippen LogP) is 2.69. The Morgan fingerprint density at radius 2 is 1.73 bits per heavy atom. The van der Waals surface area contributed by atoms with Gasteiger partial charge in [0.1, 0.15) is 23.4 Å². The second kappa shape index (κ2) is 20.2. The van der Waals surface area contributed by atoms with Gasteiger partial charge in [-0.25, -0.2) is 9.78 Å². The van der Waals surface area contributed by atoms with E-state index in [2.05, 4.69) is 53.8 Å². The molecule has 10 heteroatoms. The fraction of sp³-hybridized carbons (Fsp3) is 0.290. The van der Waals surface area contributed by atoms with Crippen molar-refractivity contribution in [3.05, 3.63) is 98.8 Å². The van der Waals surface area contributed by atoms with E-state index in [1.54, 1.807) is 0 Å². The Bertz CT molecular complexity index is 1160. The first-order valence-corrected chi connectivity index (χ1v) is 13.2. The number of phenols is 1. The van der Waals surface area contributed by atoms with Gasteiger partial charge in [-0.3, -0.25) is 4.79 Å². The van der Waals surface area contributed by atoms with Gasteiger partial charge in [-0.2, -0.15) is 12.8 Å². The van der Waals surface area contributed by atoms with Crippen LogP contribution in [0.3, 0.4) is 0 Å².